The first-order valence-corrected chi connectivity index (χ1v) is 6.79. The molecule has 116 valence electrons. The molecule has 2 aromatic rings. The Balaban J connectivity index is 1.99. The predicted molar refractivity (Wildman–Crippen MR) is 81.7 cm³/mol. The van der Waals surface area contributed by atoms with Crippen LogP contribution in [0.2, 0.25) is 0 Å². The molecule has 0 saturated carbocycles. The molecule has 0 aliphatic carbocycles. The Labute approximate surface area is 129 Å². The second kappa shape index (κ2) is 7.36. The van der Waals surface area contributed by atoms with Crippen LogP contribution in [-0.4, -0.2) is 26.3 Å². The van der Waals surface area contributed by atoms with Crippen LogP contribution in [0.1, 0.15) is 6.92 Å². The van der Waals surface area contributed by atoms with Crippen molar-refractivity contribution in [1.29, 1.82) is 0 Å². The van der Waals surface area contributed by atoms with Crippen LogP contribution in [0.3, 0.4) is 0 Å². The van der Waals surface area contributed by atoms with Gasteiger partial charge in [-0.2, -0.15) is 0 Å². The number of hydrogen-bond acceptors (Lipinski definition) is 5. The zero-order chi connectivity index (χ0) is 15.9. The summed E-state index contributed by atoms with van der Waals surface area (Å²) in [7, 11) is 3.10. The molecule has 0 spiro atoms. The molecule has 0 bridgehead atoms. The Bertz CT molecular complexity index is 621. The van der Waals surface area contributed by atoms with Gasteiger partial charge in [-0.15, -0.1) is 0 Å². The summed E-state index contributed by atoms with van der Waals surface area (Å²) < 4.78 is 21.1. The fourth-order valence-electron chi connectivity index (χ4n) is 1.80. The van der Waals surface area contributed by atoms with Gasteiger partial charge in [0.25, 0.3) is 0 Å². The highest BCUT2D eigenvalue weighted by atomic mass is 16.6. The van der Waals surface area contributed by atoms with Crippen molar-refractivity contribution in [3.8, 4) is 23.0 Å². The first kappa shape index (κ1) is 15.7. The molecule has 0 heterocycles. The van der Waals surface area contributed by atoms with Gasteiger partial charge in [0.15, 0.2) is 17.6 Å². The van der Waals surface area contributed by atoms with Gasteiger partial charge in [-0.3, -0.25) is 0 Å². The number of para-hydroxylation sites is 2. The molecule has 0 radical (unpaired) electrons. The van der Waals surface area contributed by atoms with E-state index in [1.54, 1.807) is 62.6 Å². The van der Waals surface area contributed by atoms with Gasteiger partial charge in [0.2, 0.25) is 0 Å². The molecule has 0 aromatic heterocycles. The molecule has 0 amide bonds. The lowest BCUT2D eigenvalue weighted by Crippen LogP contribution is -2.28. The zero-order valence-corrected chi connectivity index (χ0v) is 12.7. The molecule has 5 nitrogen and oxygen atoms in total. The number of carbonyl (C=O) groups is 1. The van der Waals surface area contributed by atoms with Crippen molar-refractivity contribution in [3.05, 3.63) is 48.5 Å². The molecule has 2 aromatic carbocycles. The Morgan fingerprint density at radius 1 is 0.864 bits per heavy atom. The molecule has 0 saturated heterocycles. The molecule has 5 heteroatoms. The molecular weight excluding hydrogens is 284 g/mol. The summed E-state index contributed by atoms with van der Waals surface area (Å²) in [6.45, 7) is 1.63. The van der Waals surface area contributed by atoms with Crippen LogP contribution >= 0.6 is 0 Å². The number of ether oxygens (including phenoxy) is 4. The maximum absolute atomic E-state index is 12.1. The van der Waals surface area contributed by atoms with Crippen LogP contribution in [0.5, 0.6) is 23.0 Å². The van der Waals surface area contributed by atoms with Crippen LogP contribution in [0.25, 0.3) is 0 Å². The lowest BCUT2D eigenvalue weighted by molar-refractivity contribution is -0.141. The van der Waals surface area contributed by atoms with E-state index in [0.717, 1.165) is 5.75 Å². The standard InChI is InChI=1S/C17H18O5/c1-12(21-14-10-8-13(19-2)9-11-14)17(18)22-16-7-5-4-6-15(16)20-3/h4-12H,1-3H3. The van der Waals surface area contributed by atoms with Gasteiger partial charge < -0.3 is 18.9 Å². The number of esters is 1. The minimum absolute atomic E-state index is 0.361. The Morgan fingerprint density at radius 2 is 1.45 bits per heavy atom. The van der Waals surface area contributed by atoms with Gasteiger partial charge in [-0.1, -0.05) is 12.1 Å². The van der Waals surface area contributed by atoms with Crippen LogP contribution in [0.4, 0.5) is 0 Å². The summed E-state index contributed by atoms with van der Waals surface area (Å²) in [6, 6.07) is 13.9. The molecule has 0 fully saturated rings. The zero-order valence-electron chi connectivity index (χ0n) is 12.7. The maximum atomic E-state index is 12.1. The second-order valence-electron chi connectivity index (χ2n) is 4.51. The highest BCUT2D eigenvalue weighted by molar-refractivity contribution is 5.77. The van der Waals surface area contributed by atoms with E-state index in [1.165, 1.54) is 7.11 Å². The minimum atomic E-state index is -0.752. The number of rotatable bonds is 6. The predicted octanol–water partition coefficient (Wildman–Crippen LogP) is 3.08. The third-order valence-corrected chi connectivity index (χ3v) is 2.98. The Kier molecular flexibility index (Phi) is 5.25. The largest absolute Gasteiger partial charge is 0.497 e. The van der Waals surface area contributed by atoms with Crippen LogP contribution in [-0.2, 0) is 4.79 Å². The summed E-state index contributed by atoms with van der Waals surface area (Å²) in [4.78, 5) is 12.1. The van der Waals surface area contributed by atoms with Gasteiger partial charge >= 0.3 is 5.97 Å². The highest BCUT2D eigenvalue weighted by Crippen LogP contribution is 2.26. The lowest BCUT2D eigenvalue weighted by Gasteiger charge is -2.15. The first-order chi connectivity index (χ1) is 10.6. The second-order valence-corrected chi connectivity index (χ2v) is 4.51. The SMILES string of the molecule is COc1ccc(OC(C)C(=O)Oc2ccccc2OC)cc1. The van der Waals surface area contributed by atoms with E-state index in [4.69, 9.17) is 18.9 Å². The molecule has 0 aliphatic rings. The van der Waals surface area contributed by atoms with Crippen molar-refractivity contribution >= 4 is 5.97 Å². The van der Waals surface area contributed by atoms with Gasteiger partial charge in [-0.25, -0.2) is 4.79 Å². The summed E-state index contributed by atoms with van der Waals surface area (Å²) in [6.07, 6.45) is -0.752. The number of methoxy groups -OCH3 is 2. The summed E-state index contributed by atoms with van der Waals surface area (Å²) in [5.41, 5.74) is 0. The third kappa shape index (κ3) is 3.91. The first-order valence-electron chi connectivity index (χ1n) is 6.79. The van der Waals surface area contributed by atoms with E-state index in [1.807, 2.05) is 0 Å². The Hall–Kier alpha value is -2.69. The van der Waals surface area contributed by atoms with E-state index in [-0.39, 0.29) is 0 Å². The topological polar surface area (TPSA) is 54.0 Å². The van der Waals surface area contributed by atoms with E-state index < -0.39 is 12.1 Å². The minimum Gasteiger partial charge on any atom is -0.497 e. The molecule has 0 N–H and O–H groups in total. The van der Waals surface area contributed by atoms with Gasteiger partial charge in [0.1, 0.15) is 11.5 Å². The van der Waals surface area contributed by atoms with Crippen molar-refractivity contribution in [2.24, 2.45) is 0 Å². The number of hydrogen-bond donors (Lipinski definition) is 0. The average Bonchev–Trinajstić information content (AvgIpc) is 2.56. The average molecular weight is 302 g/mol. The van der Waals surface area contributed by atoms with Crippen LogP contribution in [0.15, 0.2) is 48.5 Å². The van der Waals surface area contributed by atoms with Crippen molar-refractivity contribution in [2.45, 2.75) is 13.0 Å². The lowest BCUT2D eigenvalue weighted by atomic mass is 10.3. The molecule has 1 atom stereocenters. The van der Waals surface area contributed by atoms with Gasteiger partial charge in [0, 0.05) is 0 Å². The normalized spacial score (nSPS) is 11.4. The summed E-state index contributed by atoms with van der Waals surface area (Å²) >= 11 is 0. The van der Waals surface area contributed by atoms with Crippen molar-refractivity contribution in [3.63, 3.8) is 0 Å². The van der Waals surface area contributed by atoms with E-state index in [2.05, 4.69) is 0 Å². The van der Waals surface area contributed by atoms with Crippen LogP contribution in [0, 0.1) is 0 Å². The molecule has 22 heavy (non-hydrogen) atoms. The maximum Gasteiger partial charge on any atom is 0.352 e. The molecular formula is C17H18O5. The van der Waals surface area contributed by atoms with E-state index in [0.29, 0.717) is 17.2 Å². The Morgan fingerprint density at radius 3 is 2.05 bits per heavy atom. The van der Waals surface area contributed by atoms with Gasteiger partial charge in [0.05, 0.1) is 14.2 Å². The number of carbonyl (C=O) groups excluding carboxylic acids is 1. The van der Waals surface area contributed by atoms with Crippen LogP contribution < -0.4 is 18.9 Å². The van der Waals surface area contributed by atoms with E-state index >= 15 is 0 Å². The third-order valence-electron chi connectivity index (χ3n) is 2.98. The fraction of sp³-hybridized carbons (Fsp3) is 0.235. The monoisotopic (exact) mass is 302 g/mol. The molecule has 0 aliphatic heterocycles. The highest BCUT2D eigenvalue weighted by Gasteiger charge is 2.19. The summed E-state index contributed by atoms with van der Waals surface area (Å²) in [5, 5.41) is 0. The van der Waals surface area contributed by atoms with Crippen molar-refractivity contribution in [1.82, 2.24) is 0 Å². The fourth-order valence-corrected chi connectivity index (χ4v) is 1.80. The molecule has 2 rings (SSSR count). The van der Waals surface area contributed by atoms with Crippen molar-refractivity contribution < 1.29 is 23.7 Å². The molecule has 1 unspecified atom stereocenters. The van der Waals surface area contributed by atoms with E-state index in [9.17, 15) is 4.79 Å². The smallest absolute Gasteiger partial charge is 0.352 e. The van der Waals surface area contributed by atoms with Crippen molar-refractivity contribution in [2.75, 3.05) is 14.2 Å². The van der Waals surface area contributed by atoms with Gasteiger partial charge in [-0.05, 0) is 43.3 Å². The summed E-state index contributed by atoms with van der Waals surface area (Å²) in [5.74, 6) is 1.63. The number of benzene rings is 2. The quantitative estimate of drug-likeness (QED) is 0.606.